The molecule has 4 rings (SSSR count). The molecule has 1 aromatic carbocycles. The smallest absolute Gasteiger partial charge is 0.225 e. The van der Waals surface area contributed by atoms with Crippen molar-refractivity contribution in [3.8, 4) is 11.3 Å². The van der Waals surface area contributed by atoms with Crippen molar-refractivity contribution < 1.29 is 9.59 Å². The summed E-state index contributed by atoms with van der Waals surface area (Å²) in [5.74, 6) is 1.28. The van der Waals surface area contributed by atoms with E-state index in [0.717, 1.165) is 56.0 Å². The van der Waals surface area contributed by atoms with Crippen molar-refractivity contribution >= 4 is 29.2 Å². The van der Waals surface area contributed by atoms with Crippen molar-refractivity contribution in [3.05, 3.63) is 35.4 Å². The van der Waals surface area contributed by atoms with Gasteiger partial charge < -0.3 is 14.7 Å². The first kappa shape index (κ1) is 20.7. The summed E-state index contributed by atoms with van der Waals surface area (Å²) in [6.45, 7) is 6.09. The monoisotopic (exact) mass is 429 g/mol. The van der Waals surface area contributed by atoms with Gasteiger partial charge >= 0.3 is 0 Å². The lowest BCUT2D eigenvalue weighted by molar-refractivity contribution is -0.139. The maximum absolute atomic E-state index is 13.0. The Morgan fingerprint density at radius 2 is 1.73 bits per heavy atom. The van der Waals surface area contributed by atoms with E-state index in [1.165, 1.54) is 0 Å². The fourth-order valence-electron chi connectivity index (χ4n) is 4.32. The number of aromatic nitrogens is 2. The Labute approximate surface area is 182 Å². The summed E-state index contributed by atoms with van der Waals surface area (Å²) in [6.07, 6.45) is 2.45. The summed E-state index contributed by atoms with van der Waals surface area (Å²) in [7, 11) is 0. The molecule has 0 bridgehead atoms. The molecule has 2 saturated heterocycles. The third-order valence-electron chi connectivity index (χ3n) is 6.14. The molecule has 2 amide bonds. The van der Waals surface area contributed by atoms with E-state index in [2.05, 4.69) is 21.2 Å². The van der Waals surface area contributed by atoms with E-state index in [9.17, 15) is 9.59 Å². The van der Waals surface area contributed by atoms with Crippen LogP contribution in [0.2, 0.25) is 5.02 Å². The lowest BCUT2D eigenvalue weighted by Gasteiger charge is -2.33. The molecule has 0 radical (unpaired) electrons. The summed E-state index contributed by atoms with van der Waals surface area (Å²) in [4.78, 5) is 30.6. The van der Waals surface area contributed by atoms with E-state index in [1.807, 2.05) is 34.1 Å². The molecule has 0 atom stereocenters. The number of nitrogens with zero attached hydrogens (tertiary/aromatic N) is 4. The first-order valence-corrected chi connectivity index (χ1v) is 11.0. The zero-order chi connectivity index (χ0) is 21.1. The van der Waals surface area contributed by atoms with Gasteiger partial charge in [-0.25, -0.2) is 0 Å². The van der Waals surface area contributed by atoms with Crippen LogP contribution in [-0.2, 0) is 9.59 Å². The number of amides is 2. The highest BCUT2D eigenvalue weighted by Gasteiger charge is 2.30. The Hall–Kier alpha value is -2.54. The molecular formula is C22H28ClN5O2. The highest BCUT2D eigenvalue weighted by atomic mass is 35.5. The first-order chi connectivity index (χ1) is 14.5. The average Bonchev–Trinajstić information content (AvgIpc) is 3.12. The number of H-pyrrole nitrogens is 1. The van der Waals surface area contributed by atoms with Crippen molar-refractivity contribution in [1.29, 1.82) is 0 Å². The first-order valence-electron chi connectivity index (χ1n) is 10.6. The Morgan fingerprint density at radius 1 is 1.00 bits per heavy atom. The highest BCUT2D eigenvalue weighted by molar-refractivity contribution is 6.30. The van der Waals surface area contributed by atoms with Gasteiger partial charge in [-0.2, -0.15) is 5.10 Å². The molecule has 8 heteroatoms. The Balaban J connectivity index is 1.35. The minimum Gasteiger partial charge on any atom is -0.353 e. The second-order valence-corrected chi connectivity index (χ2v) is 8.53. The van der Waals surface area contributed by atoms with Gasteiger partial charge in [-0.3, -0.25) is 14.7 Å². The molecule has 0 unspecified atom stereocenters. The Bertz CT molecular complexity index is 889. The lowest BCUT2D eigenvalue weighted by Crippen LogP contribution is -2.44. The van der Waals surface area contributed by atoms with Crippen molar-refractivity contribution in [1.82, 2.24) is 20.0 Å². The van der Waals surface area contributed by atoms with E-state index < -0.39 is 0 Å². The van der Waals surface area contributed by atoms with Crippen LogP contribution in [0, 0.1) is 5.92 Å². The predicted octanol–water partition coefficient (Wildman–Crippen LogP) is 3.03. The predicted molar refractivity (Wildman–Crippen MR) is 117 cm³/mol. The number of carbonyl (C=O) groups is 2. The molecule has 2 fully saturated rings. The van der Waals surface area contributed by atoms with Crippen LogP contribution in [0.5, 0.6) is 0 Å². The van der Waals surface area contributed by atoms with Crippen molar-refractivity contribution in [2.24, 2.45) is 5.92 Å². The van der Waals surface area contributed by atoms with E-state index in [0.29, 0.717) is 24.7 Å². The molecule has 2 aromatic rings. The van der Waals surface area contributed by atoms with Gasteiger partial charge in [0.2, 0.25) is 11.8 Å². The van der Waals surface area contributed by atoms with Crippen molar-refractivity contribution in [3.63, 3.8) is 0 Å². The summed E-state index contributed by atoms with van der Waals surface area (Å²) in [6, 6.07) is 9.74. The van der Waals surface area contributed by atoms with Crippen LogP contribution in [0.15, 0.2) is 30.3 Å². The number of hydrogen-bond donors (Lipinski definition) is 1. The number of nitrogens with one attached hydrogen (secondary N) is 1. The number of hydrogen-bond acceptors (Lipinski definition) is 4. The fraction of sp³-hybridized carbons (Fsp3) is 0.500. The van der Waals surface area contributed by atoms with Crippen LogP contribution < -0.4 is 4.90 Å². The highest BCUT2D eigenvalue weighted by Crippen LogP contribution is 2.25. The molecule has 1 aromatic heterocycles. The number of rotatable bonds is 3. The topological polar surface area (TPSA) is 72.5 Å². The van der Waals surface area contributed by atoms with Crippen LogP contribution in [0.25, 0.3) is 11.3 Å². The lowest BCUT2D eigenvalue weighted by atomic mass is 9.95. The molecular weight excluding hydrogens is 402 g/mol. The largest absolute Gasteiger partial charge is 0.353 e. The van der Waals surface area contributed by atoms with Crippen LogP contribution in [0.1, 0.15) is 26.2 Å². The zero-order valence-electron chi connectivity index (χ0n) is 17.3. The third-order valence-corrected chi connectivity index (χ3v) is 6.39. The number of likely N-dealkylation sites (tertiary alicyclic amines) is 1. The fourth-order valence-corrected chi connectivity index (χ4v) is 4.44. The van der Waals surface area contributed by atoms with Gasteiger partial charge in [0.1, 0.15) is 0 Å². The maximum atomic E-state index is 13.0. The molecule has 2 aliphatic rings. The van der Waals surface area contributed by atoms with E-state index in [4.69, 9.17) is 11.6 Å². The van der Waals surface area contributed by atoms with Gasteiger partial charge in [0.25, 0.3) is 0 Å². The number of aromatic amines is 1. The maximum Gasteiger partial charge on any atom is 0.225 e. The number of piperidine rings is 1. The summed E-state index contributed by atoms with van der Waals surface area (Å²) < 4.78 is 0. The molecule has 3 heterocycles. The standard InChI is InChI=1S/C22H28ClN5O2/c1-16(29)26-11-7-18(8-12-26)22(30)28-10-2-9-27(13-14-28)21-15-20(24-25-21)17-3-5-19(23)6-4-17/h3-6,15,18H,2,7-14H2,1H3,(H,24,25). The van der Waals surface area contributed by atoms with Crippen molar-refractivity contribution in [2.45, 2.75) is 26.2 Å². The zero-order valence-corrected chi connectivity index (χ0v) is 18.1. The Kier molecular flexibility index (Phi) is 6.27. The summed E-state index contributed by atoms with van der Waals surface area (Å²) in [5, 5.41) is 8.31. The average molecular weight is 430 g/mol. The number of anilines is 1. The van der Waals surface area contributed by atoms with Gasteiger partial charge in [-0.05, 0) is 37.0 Å². The van der Waals surface area contributed by atoms with Gasteiger partial charge in [-0.1, -0.05) is 23.7 Å². The molecule has 160 valence electrons. The van der Waals surface area contributed by atoms with E-state index in [1.54, 1.807) is 6.92 Å². The minimum atomic E-state index is 0.0361. The molecule has 0 saturated carbocycles. The number of benzene rings is 1. The van der Waals surface area contributed by atoms with Crippen LogP contribution in [0.3, 0.4) is 0 Å². The molecule has 1 N–H and O–H groups in total. The summed E-state index contributed by atoms with van der Waals surface area (Å²) >= 11 is 5.98. The summed E-state index contributed by atoms with van der Waals surface area (Å²) in [5.41, 5.74) is 2.00. The van der Waals surface area contributed by atoms with Crippen LogP contribution in [-0.4, -0.2) is 71.1 Å². The Morgan fingerprint density at radius 3 is 2.43 bits per heavy atom. The molecule has 30 heavy (non-hydrogen) atoms. The quantitative estimate of drug-likeness (QED) is 0.813. The van der Waals surface area contributed by atoms with Crippen LogP contribution >= 0.6 is 11.6 Å². The number of halogens is 1. The molecule has 7 nitrogen and oxygen atoms in total. The van der Waals surface area contributed by atoms with E-state index >= 15 is 0 Å². The second kappa shape index (κ2) is 9.08. The number of carbonyl (C=O) groups excluding carboxylic acids is 2. The van der Waals surface area contributed by atoms with E-state index in [-0.39, 0.29) is 17.7 Å². The molecule has 2 aliphatic heterocycles. The van der Waals surface area contributed by atoms with Gasteiger partial charge in [-0.15, -0.1) is 0 Å². The molecule has 0 aliphatic carbocycles. The van der Waals surface area contributed by atoms with Crippen molar-refractivity contribution in [2.75, 3.05) is 44.2 Å². The normalized spacial score (nSPS) is 18.4. The van der Waals surface area contributed by atoms with Gasteiger partial charge in [0.15, 0.2) is 5.82 Å². The second-order valence-electron chi connectivity index (χ2n) is 8.09. The SMILES string of the molecule is CC(=O)N1CCC(C(=O)N2CCCN(c3cc(-c4ccc(Cl)cc4)[nH]n3)CC2)CC1. The van der Waals surface area contributed by atoms with Gasteiger partial charge in [0.05, 0.1) is 5.69 Å². The van der Waals surface area contributed by atoms with Gasteiger partial charge in [0, 0.05) is 63.2 Å². The molecule has 0 spiro atoms. The van der Waals surface area contributed by atoms with Crippen LogP contribution in [0.4, 0.5) is 5.82 Å². The minimum absolute atomic E-state index is 0.0361. The third kappa shape index (κ3) is 4.61.